The van der Waals surface area contributed by atoms with Crippen molar-refractivity contribution in [3.63, 3.8) is 0 Å². The van der Waals surface area contributed by atoms with Gasteiger partial charge in [0, 0.05) is 23.1 Å². The average molecular weight is 614 g/mol. The predicted molar refractivity (Wildman–Crippen MR) is 165 cm³/mol. The predicted octanol–water partition coefficient (Wildman–Crippen LogP) is 6.55. The fourth-order valence-electron chi connectivity index (χ4n) is 4.91. The molecule has 10 heteroatoms. The molecule has 5 rings (SSSR count). The summed E-state index contributed by atoms with van der Waals surface area (Å²) < 4.78 is 30.1. The average Bonchev–Trinajstić information content (AvgIpc) is 3.35. The number of benzene rings is 4. The number of para-hydroxylation sites is 1. The molecule has 0 radical (unpaired) electrons. The summed E-state index contributed by atoms with van der Waals surface area (Å²) in [6, 6.07) is 28.7. The Morgan fingerprint density at radius 3 is 2.21 bits per heavy atom. The number of carboxylic acid groups (broad SMARTS) is 1. The summed E-state index contributed by atoms with van der Waals surface area (Å²) in [5.41, 5.74) is 3.89. The molecule has 0 aliphatic carbocycles. The van der Waals surface area contributed by atoms with Crippen molar-refractivity contribution in [1.29, 1.82) is 0 Å². The van der Waals surface area contributed by atoms with Gasteiger partial charge in [0.2, 0.25) is 0 Å². The second-order valence-corrected chi connectivity index (χ2v) is 11.9. The Kier molecular flexibility index (Phi) is 8.75. The van der Waals surface area contributed by atoms with E-state index in [1.807, 2.05) is 19.1 Å². The molecule has 0 spiro atoms. The Hall–Kier alpha value is -4.73. The van der Waals surface area contributed by atoms with Gasteiger partial charge < -0.3 is 5.11 Å². The molecule has 0 saturated heterocycles. The molecule has 0 atom stereocenters. The fraction of sp³-hybridized carbons (Fsp3) is 0.121. The molecular formula is C33H28ClN3O5S. The Morgan fingerprint density at radius 2 is 1.53 bits per heavy atom. The van der Waals surface area contributed by atoms with Crippen molar-refractivity contribution in [1.82, 2.24) is 14.5 Å². The summed E-state index contributed by atoms with van der Waals surface area (Å²) in [5.74, 6) is -1.83. The van der Waals surface area contributed by atoms with E-state index in [0.717, 1.165) is 12.0 Å². The maximum atomic E-state index is 13.3. The van der Waals surface area contributed by atoms with Crippen LogP contribution in [0.3, 0.4) is 0 Å². The summed E-state index contributed by atoms with van der Waals surface area (Å²) in [6.07, 6.45) is 1.66. The molecule has 4 aromatic carbocycles. The number of nitrogens with one attached hydrogen (secondary N) is 1. The minimum absolute atomic E-state index is 0.0357. The molecule has 8 nitrogen and oxygen atoms in total. The van der Waals surface area contributed by atoms with E-state index >= 15 is 0 Å². The molecule has 1 aromatic heterocycles. The zero-order valence-electron chi connectivity index (χ0n) is 23.2. The van der Waals surface area contributed by atoms with E-state index in [0.29, 0.717) is 45.9 Å². The van der Waals surface area contributed by atoms with Crippen molar-refractivity contribution >= 4 is 33.5 Å². The summed E-state index contributed by atoms with van der Waals surface area (Å²) in [5, 5.41) is 15.2. The standard InChI is InChI=1S/C33H28ClN3O5S/c1-2-10-28-26(31(33(39)40)37(35-28)29-15-8-7-14-27(29)34)21-22-17-19-23(20-18-22)25-13-6-9-16-30(25)43(41,42)36-32(38)24-11-4-3-5-12-24/h3-9,11-20H,2,10,21H2,1H3,(H,36,38)(H,39,40). The van der Waals surface area contributed by atoms with Crippen LogP contribution >= 0.6 is 11.6 Å². The lowest BCUT2D eigenvalue weighted by Crippen LogP contribution is -2.30. The molecule has 5 aromatic rings. The van der Waals surface area contributed by atoms with Crippen LogP contribution in [0.15, 0.2) is 108 Å². The quantitative estimate of drug-likeness (QED) is 0.184. The number of aryl methyl sites for hydroxylation is 1. The van der Waals surface area contributed by atoms with Gasteiger partial charge in [0.1, 0.15) is 0 Å². The Bertz CT molecular complexity index is 1900. The smallest absolute Gasteiger partial charge is 0.354 e. The number of carbonyl (C=O) groups excluding carboxylic acids is 1. The van der Waals surface area contributed by atoms with Crippen LogP contribution in [0.25, 0.3) is 16.8 Å². The van der Waals surface area contributed by atoms with Gasteiger partial charge in [-0.25, -0.2) is 22.6 Å². The van der Waals surface area contributed by atoms with Crippen LogP contribution in [0.1, 0.15) is 51.0 Å². The second-order valence-electron chi connectivity index (χ2n) is 9.86. The SMILES string of the molecule is CCCc1nn(-c2ccccc2Cl)c(C(=O)O)c1Cc1ccc(-c2ccccc2S(=O)(=O)NC(=O)c2ccccc2)cc1. The summed E-state index contributed by atoms with van der Waals surface area (Å²) in [6.45, 7) is 2.00. The zero-order chi connectivity index (χ0) is 30.6. The van der Waals surface area contributed by atoms with Crippen LogP contribution in [0, 0.1) is 0 Å². The summed E-state index contributed by atoms with van der Waals surface area (Å²) in [4.78, 5) is 25.1. The fourth-order valence-corrected chi connectivity index (χ4v) is 6.33. The Balaban J connectivity index is 1.47. The third kappa shape index (κ3) is 6.38. The van der Waals surface area contributed by atoms with Gasteiger partial charge in [-0.15, -0.1) is 0 Å². The van der Waals surface area contributed by atoms with E-state index in [2.05, 4.69) is 9.82 Å². The molecular weight excluding hydrogens is 586 g/mol. The van der Waals surface area contributed by atoms with Crippen molar-refractivity contribution in [2.45, 2.75) is 31.1 Å². The van der Waals surface area contributed by atoms with E-state index < -0.39 is 21.9 Å². The highest BCUT2D eigenvalue weighted by molar-refractivity contribution is 7.90. The highest BCUT2D eigenvalue weighted by atomic mass is 35.5. The molecule has 218 valence electrons. The molecule has 43 heavy (non-hydrogen) atoms. The van der Waals surface area contributed by atoms with Crippen LogP contribution in [-0.4, -0.2) is 35.2 Å². The third-order valence-corrected chi connectivity index (χ3v) is 8.63. The van der Waals surface area contributed by atoms with E-state index in [9.17, 15) is 23.1 Å². The molecule has 0 unspecified atom stereocenters. The number of rotatable bonds is 10. The lowest BCUT2D eigenvalue weighted by Gasteiger charge is -2.13. The lowest BCUT2D eigenvalue weighted by atomic mass is 9.98. The third-order valence-electron chi connectivity index (χ3n) is 6.92. The number of nitrogens with zero attached hydrogens (tertiary/aromatic N) is 2. The van der Waals surface area contributed by atoms with Gasteiger partial charge in [0.05, 0.1) is 21.3 Å². The Morgan fingerprint density at radius 1 is 0.884 bits per heavy atom. The van der Waals surface area contributed by atoms with Gasteiger partial charge in [0.25, 0.3) is 15.9 Å². The molecule has 0 aliphatic heterocycles. The number of aromatic nitrogens is 2. The van der Waals surface area contributed by atoms with Crippen LogP contribution in [0.5, 0.6) is 0 Å². The van der Waals surface area contributed by atoms with E-state index in [1.165, 1.54) is 22.9 Å². The second kappa shape index (κ2) is 12.6. The number of halogens is 1. The minimum atomic E-state index is -4.19. The van der Waals surface area contributed by atoms with Gasteiger partial charge in [0.15, 0.2) is 5.69 Å². The highest BCUT2D eigenvalue weighted by Crippen LogP contribution is 2.30. The van der Waals surface area contributed by atoms with Crippen molar-refractivity contribution in [3.8, 4) is 16.8 Å². The number of carboxylic acids is 1. The molecule has 2 N–H and O–H groups in total. The molecule has 0 fully saturated rings. The lowest BCUT2D eigenvalue weighted by molar-refractivity contribution is 0.0685. The zero-order valence-corrected chi connectivity index (χ0v) is 24.8. The van der Waals surface area contributed by atoms with Crippen molar-refractivity contribution < 1.29 is 23.1 Å². The number of carbonyl (C=O) groups is 2. The van der Waals surface area contributed by atoms with Crippen LogP contribution in [0.2, 0.25) is 5.02 Å². The van der Waals surface area contributed by atoms with Crippen LogP contribution < -0.4 is 4.72 Å². The first-order valence-corrected chi connectivity index (χ1v) is 15.4. The molecule has 0 saturated carbocycles. The number of hydrogen-bond acceptors (Lipinski definition) is 5. The maximum Gasteiger partial charge on any atom is 0.354 e. The monoisotopic (exact) mass is 613 g/mol. The first-order valence-electron chi connectivity index (χ1n) is 13.6. The van der Waals surface area contributed by atoms with Gasteiger partial charge in [-0.05, 0) is 47.9 Å². The number of aromatic carboxylic acids is 1. The maximum absolute atomic E-state index is 13.3. The van der Waals surface area contributed by atoms with Gasteiger partial charge in [-0.3, -0.25) is 4.79 Å². The first kappa shape index (κ1) is 29.8. The van der Waals surface area contributed by atoms with E-state index in [4.69, 9.17) is 11.6 Å². The molecule has 0 aliphatic rings. The molecule has 1 amide bonds. The Labute approximate surface area is 254 Å². The van der Waals surface area contributed by atoms with Gasteiger partial charge >= 0.3 is 5.97 Å². The van der Waals surface area contributed by atoms with E-state index in [1.54, 1.807) is 72.8 Å². The van der Waals surface area contributed by atoms with Crippen LogP contribution in [0.4, 0.5) is 0 Å². The van der Waals surface area contributed by atoms with Gasteiger partial charge in [-0.2, -0.15) is 5.10 Å². The normalized spacial score (nSPS) is 11.3. The number of hydrogen-bond donors (Lipinski definition) is 2. The van der Waals surface area contributed by atoms with Crippen molar-refractivity contribution in [2.75, 3.05) is 0 Å². The molecule has 0 bridgehead atoms. The van der Waals surface area contributed by atoms with E-state index in [-0.39, 0.29) is 16.2 Å². The van der Waals surface area contributed by atoms with Gasteiger partial charge in [-0.1, -0.05) is 97.7 Å². The first-order chi connectivity index (χ1) is 20.7. The minimum Gasteiger partial charge on any atom is -0.476 e. The summed E-state index contributed by atoms with van der Waals surface area (Å²) >= 11 is 6.39. The van der Waals surface area contributed by atoms with Crippen molar-refractivity contribution in [3.05, 3.63) is 136 Å². The van der Waals surface area contributed by atoms with Crippen molar-refractivity contribution in [2.24, 2.45) is 0 Å². The summed E-state index contributed by atoms with van der Waals surface area (Å²) in [7, 11) is -4.19. The molecule has 1 heterocycles. The number of amides is 1. The number of sulfonamides is 1. The topological polar surface area (TPSA) is 118 Å². The largest absolute Gasteiger partial charge is 0.476 e. The highest BCUT2D eigenvalue weighted by Gasteiger charge is 2.26. The van der Waals surface area contributed by atoms with Crippen LogP contribution in [-0.2, 0) is 22.9 Å².